The van der Waals surface area contributed by atoms with Crippen molar-refractivity contribution in [1.82, 2.24) is 15.2 Å². The molecule has 1 aromatic heterocycles. The van der Waals surface area contributed by atoms with Crippen molar-refractivity contribution < 1.29 is 4.79 Å². The number of aromatic nitrogens is 1. The number of unbranched alkanes of at least 4 members (excludes halogenated alkanes) is 2. The summed E-state index contributed by atoms with van der Waals surface area (Å²) in [5.41, 5.74) is 3.35. The molecule has 7 heteroatoms. The van der Waals surface area contributed by atoms with Gasteiger partial charge in [0.15, 0.2) is 5.11 Å². The van der Waals surface area contributed by atoms with Gasteiger partial charge >= 0.3 is 0 Å². The smallest absolute Gasteiger partial charge is 0.275 e. The van der Waals surface area contributed by atoms with Gasteiger partial charge in [-0.25, -0.2) is 4.98 Å². The van der Waals surface area contributed by atoms with Crippen LogP contribution < -0.4 is 10.6 Å². The second kappa shape index (κ2) is 12.1. The summed E-state index contributed by atoms with van der Waals surface area (Å²) in [4.78, 5) is 20.0. The van der Waals surface area contributed by atoms with Crippen LogP contribution in [0.5, 0.6) is 0 Å². The second-order valence-corrected chi connectivity index (χ2v) is 9.91. The van der Waals surface area contributed by atoms with E-state index in [1.54, 1.807) is 11.3 Å². The summed E-state index contributed by atoms with van der Waals surface area (Å²) in [6.07, 6.45) is 5.61. The van der Waals surface area contributed by atoms with Crippen LogP contribution in [-0.2, 0) is 0 Å². The van der Waals surface area contributed by atoms with Crippen molar-refractivity contribution in [2.45, 2.75) is 44.9 Å². The standard InChI is InChI=1S/C27H32N4OS2/c1-2-3-9-16-28-27(33)31-17-14-21(15-18-31)26-30-24(19-34-26)25(32)29-23-13-8-7-12-22(23)20-10-5-4-6-11-20/h4-8,10-13,19,21H,2-3,9,14-18H2,1H3,(H,28,33)(H,29,32). The Labute approximate surface area is 211 Å². The van der Waals surface area contributed by atoms with Gasteiger partial charge in [-0.15, -0.1) is 11.3 Å². The molecule has 178 valence electrons. The Hall–Kier alpha value is -2.77. The molecule has 0 spiro atoms. The number of hydrogen-bond acceptors (Lipinski definition) is 4. The van der Waals surface area contributed by atoms with E-state index in [1.807, 2.05) is 60.0 Å². The van der Waals surface area contributed by atoms with E-state index in [9.17, 15) is 4.79 Å². The molecular weight excluding hydrogens is 460 g/mol. The molecule has 0 unspecified atom stereocenters. The Morgan fingerprint density at radius 3 is 2.59 bits per heavy atom. The van der Waals surface area contributed by atoms with Crippen LogP contribution in [0.2, 0.25) is 0 Å². The molecule has 34 heavy (non-hydrogen) atoms. The maximum absolute atomic E-state index is 13.0. The molecule has 0 bridgehead atoms. The molecular formula is C27H32N4OS2. The third-order valence-electron chi connectivity index (χ3n) is 6.20. The lowest BCUT2D eigenvalue weighted by Gasteiger charge is -2.33. The third kappa shape index (κ3) is 6.21. The van der Waals surface area contributed by atoms with E-state index < -0.39 is 0 Å². The number of likely N-dealkylation sites (tertiary alicyclic amines) is 1. The number of nitrogens with one attached hydrogen (secondary N) is 2. The molecule has 0 aliphatic carbocycles. The van der Waals surface area contributed by atoms with Crippen molar-refractivity contribution in [1.29, 1.82) is 0 Å². The highest BCUT2D eigenvalue weighted by Gasteiger charge is 2.25. The SMILES string of the molecule is CCCCCNC(=S)N1CCC(c2nc(C(=O)Nc3ccccc3-c3ccccc3)cs2)CC1. The normalized spacial score (nSPS) is 14.1. The third-order valence-corrected chi connectivity index (χ3v) is 7.61. The average Bonchev–Trinajstić information content (AvgIpc) is 3.38. The molecule has 2 aromatic carbocycles. The minimum atomic E-state index is -0.166. The zero-order chi connectivity index (χ0) is 23.8. The topological polar surface area (TPSA) is 57.3 Å². The van der Waals surface area contributed by atoms with Crippen molar-refractivity contribution in [2.75, 3.05) is 25.0 Å². The van der Waals surface area contributed by atoms with Crippen molar-refractivity contribution in [3.63, 3.8) is 0 Å². The first-order chi connectivity index (χ1) is 16.7. The number of benzene rings is 2. The Bertz CT molecular complexity index is 1090. The molecule has 1 amide bonds. The van der Waals surface area contributed by atoms with Crippen LogP contribution in [0.25, 0.3) is 11.1 Å². The average molecular weight is 493 g/mol. The summed E-state index contributed by atoms with van der Waals surface area (Å²) in [5, 5.41) is 10.2. The van der Waals surface area contributed by atoms with Gasteiger partial charge in [-0.05, 0) is 43.1 Å². The fourth-order valence-electron chi connectivity index (χ4n) is 4.24. The highest BCUT2D eigenvalue weighted by Crippen LogP contribution is 2.31. The maximum atomic E-state index is 13.0. The Kier molecular flexibility index (Phi) is 8.66. The van der Waals surface area contributed by atoms with Gasteiger partial charge < -0.3 is 15.5 Å². The molecule has 0 atom stereocenters. The number of thiazole rings is 1. The number of amides is 1. The first kappa shape index (κ1) is 24.4. The minimum Gasteiger partial charge on any atom is -0.363 e. The van der Waals surface area contributed by atoms with Gasteiger partial charge in [0.25, 0.3) is 5.91 Å². The summed E-state index contributed by atoms with van der Waals surface area (Å²) < 4.78 is 0. The second-order valence-electron chi connectivity index (χ2n) is 8.64. The van der Waals surface area contributed by atoms with Crippen LogP contribution in [0, 0.1) is 0 Å². The molecule has 1 aliphatic rings. The fraction of sp³-hybridized carbons (Fsp3) is 0.370. The van der Waals surface area contributed by atoms with E-state index in [-0.39, 0.29) is 5.91 Å². The highest BCUT2D eigenvalue weighted by molar-refractivity contribution is 7.80. The summed E-state index contributed by atoms with van der Waals surface area (Å²) in [7, 11) is 0. The highest BCUT2D eigenvalue weighted by atomic mass is 32.1. The molecule has 0 saturated carbocycles. The lowest BCUT2D eigenvalue weighted by Crippen LogP contribution is -2.44. The molecule has 0 radical (unpaired) electrons. The molecule has 1 fully saturated rings. The van der Waals surface area contributed by atoms with Crippen LogP contribution in [0.1, 0.15) is 60.4 Å². The zero-order valence-corrected chi connectivity index (χ0v) is 21.3. The number of carbonyl (C=O) groups is 1. The van der Waals surface area contributed by atoms with Crippen LogP contribution in [-0.4, -0.2) is 40.5 Å². The minimum absolute atomic E-state index is 0.166. The van der Waals surface area contributed by atoms with Gasteiger partial charge in [-0.2, -0.15) is 0 Å². The first-order valence-electron chi connectivity index (χ1n) is 12.1. The van der Waals surface area contributed by atoms with E-state index in [0.29, 0.717) is 11.6 Å². The molecule has 1 saturated heterocycles. The largest absolute Gasteiger partial charge is 0.363 e. The summed E-state index contributed by atoms with van der Waals surface area (Å²) in [6, 6.07) is 18.0. The molecule has 2 N–H and O–H groups in total. The van der Waals surface area contributed by atoms with E-state index >= 15 is 0 Å². The summed E-state index contributed by atoms with van der Waals surface area (Å²) >= 11 is 7.16. The van der Waals surface area contributed by atoms with Gasteiger partial charge in [-0.3, -0.25) is 4.79 Å². The fourth-order valence-corrected chi connectivity index (χ4v) is 5.49. The van der Waals surface area contributed by atoms with Crippen LogP contribution in [0.15, 0.2) is 60.0 Å². The van der Waals surface area contributed by atoms with E-state index in [1.165, 1.54) is 12.8 Å². The number of anilines is 1. The van der Waals surface area contributed by atoms with Crippen molar-refractivity contribution in [2.24, 2.45) is 0 Å². The van der Waals surface area contributed by atoms with Gasteiger partial charge in [0.2, 0.25) is 0 Å². The predicted octanol–water partition coefficient (Wildman–Crippen LogP) is 6.31. The molecule has 3 aromatic rings. The number of carbonyl (C=O) groups excluding carboxylic acids is 1. The molecule has 1 aliphatic heterocycles. The number of para-hydroxylation sites is 1. The van der Waals surface area contributed by atoms with E-state index in [4.69, 9.17) is 17.2 Å². The summed E-state index contributed by atoms with van der Waals surface area (Å²) in [5.74, 6) is 0.211. The van der Waals surface area contributed by atoms with Crippen molar-refractivity contribution in [3.05, 3.63) is 70.7 Å². The monoisotopic (exact) mass is 492 g/mol. The molecule has 2 heterocycles. The Balaban J connectivity index is 1.33. The number of thiocarbonyl (C=S) groups is 1. The Morgan fingerprint density at radius 2 is 1.82 bits per heavy atom. The van der Waals surface area contributed by atoms with Gasteiger partial charge in [0.1, 0.15) is 5.69 Å². The lowest BCUT2D eigenvalue weighted by atomic mass is 9.98. The Morgan fingerprint density at radius 1 is 1.09 bits per heavy atom. The molecule has 4 rings (SSSR count). The quantitative estimate of drug-likeness (QED) is 0.285. The van der Waals surface area contributed by atoms with Crippen molar-refractivity contribution in [3.8, 4) is 11.1 Å². The molecule has 5 nitrogen and oxygen atoms in total. The predicted molar refractivity (Wildman–Crippen MR) is 146 cm³/mol. The van der Waals surface area contributed by atoms with E-state index in [2.05, 4.69) is 22.5 Å². The van der Waals surface area contributed by atoms with E-state index in [0.717, 1.165) is 65.8 Å². The van der Waals surface area contributed by atoms with Crippen molar-refractivity contribution >= 4 is 40.3 Å². The van der Waals surface area contributed by atoms with Gasteiger partial charge in [0, 0.05) is 42.2 Å². The number of rotatable bonds is 8. The van der Waals surface area contributed by atoms with Crippen LogP contribution >= 0.6 is 23.6 Å². The summed E-state index contributed by atoms with van der Waals surface area (Å²) in [6.45, 7) is 5.01. The zero-order valence-electron chi connectivity index (χ0n) is 19.6. The van der Waals surface area contributed by atoms with Crippen LogP contribution in [0.4, 0.5) is 5.69 Å². The number of nitrogens with zero attached hydrogens (tertiary/aromatic N) is 2. The maximum Gasteiger partial charge on any atom is 0.275 e. The first-order valence-corrected chi connectivity index (χ1v) is 13.4. The lowest BCUT2D eigenvalue weighted by molar-refractivity contribution is 0.102. The van der Waals surface area contributed by atoms with Gasteiger partial charge in [0.05, 0.1) is 5.01 Å². The number of piperidine rings is 1. The van der Waals surface area contributed by atoms with Gasteiger partial charge in [-0.1, -0.05) is 68.3 Å². The number of hydrogen-bond donors (Lipinski definition) is 2. The van der Waals surface area contributed by atoms with Crippen LogP contribution in [0.3, 0.4) is 0 Å².